The summed E-state index contributed by atoms with van der Waals surface area (Å²) in [4.78, 5) is 3.08. The summed E-state index contributed by atoms with van der Waals surface area (Å²) in [6.07, 6.45) is 0.101. The van der Waals surface area contributed by atoms with Crippen LogP contribution in [0, 0.1) is 6.92 Å². The van der Waals surface area contributed by atoms with E-state index in [9.17, 15) is 10.2 Å². The van der Waals surface area contributed by atoms with E-state index in [-0.39, 0.29) is 0 Å². The maximum Gasteiger partial charge on any atom is 0.156 e. The van der Waals surface area contributed by atoms with E-state index in [1.54, 1.807) is 0 Å². The van der Waals surface area contributed by atoms with Gasteiger partial charge in [-0.15, -0.1) is 0 Å². The molecule has 8 heavy (non-hydrogen) atoms. The molecule has 0 saturated carbocycles. The van der Waals surface area contributed by atoms with Crippen molar-refractivity contribution >= 4 is 6.08 Å². The molecule has 1 radical (unpaired) electrons. The van der Waals surface area contributed by atoms with Crippen LogP contribution in [0.4, 0.5) is 0 Å². The average molecular weight is 114 g/mol. The van der Waals surface area contributed by atoms with E-state index in [1.807, 2.05) is 0 Å². The normalized spacial score (nSPS) is 8.50. The van der Waals surface area contributed by atoms with Gasteiger partial charge < -0.3 is 10.2 Å². The van der Waals surface area contributed by atoms with Crippen LogP contribution >= 0.6 is 0 Å². The average Bonchev–Trinajstić information content (AvgIpc) is 1.66. The van der Waals surface area contributed by atoms with Crippen molar-refractivity contribution in [3.8, 4) is 0 Å². The molecule has 0 aliphatic carbocycles. The van der Waals surface area contributed by atoms with Crippen LogP contribution < -0.4 is 5.11 Å². The zero-order chi connectivity index (χ0) is 6.41. The predicted molar refractivity (Wildman–Crippen MR) is 27.6 cm³/mol. The molecule has 0 amide bonds. The minimum absolute atomic E-state index is 0.325. The van der Waals surface area contributed by atoms with Gasteiger partial charge >= 0.3 is 0 Å². The highest BCUT2D eigenvalue weighted by Crippen LogP contribution is 1.84. The first-order chi connectivity index (χ1) is 3.77. The molecule has 0 heterocycles. The number of rotatable bonds is 3. The van der Waals surface area contributed by atoms with Gasteiger partial charge in [-0.2, -0.15) is 0 Å². The lowest BCUT2D eigenvalue weighted by Gasteiger charge is -1.92. The maximum atomic E-state index is 9.58. The Hall–Kier alpha value is -0.860. The standard InChI is InChI=1S/C5H8NO2/c1-2-3-4-6-5(7)8/h1-4H2. The van der Waals surface area contributed by atoms with Crippen molar-refractivity contribution in [3.05, 3.63) is 6.92 Å². The van der Waals surface area contributed by atoms with Crippen LogP contribution in [-0.2, 0) is 5.11 Å². The van der Waals surface area contributed by atoms with Crippen molar-refractivity contribution in [3.63, 3.8) is 0 Å². The number of hydrogen-bond acceptors (Lipinski definition) is 2. The summed E-state index contributed by atoms with van der Waals surface area (Å²) in [5.74, 6) is 0. The summed E-state index contributed by atoms with van der Waals surface area (Å²) in [6, 6.07) is 0. The number of aliphatic imine (C=N–C) groups is 1. The van der Waals surface area contributed by atoms with Gasteiger partial charge in [0.25, 0.3) is 0 Å². The Bertz CT molecular complexity index is 76.5. The molecule has 3 nitrogen and oxygen atoms in total. The van der Waals surface area contributed by atoms with Gasteiger partial charge in [-0.1, -0.05) is 0 Å². The Kier molecular flexibility index (Phi) is 3.84. The summed E-state index contributed by atoms with van der Waals surface area (Å²) < 4.78 is 0. The van der Waals surface area contributed by atoms with Crippen molar-refractivity contribution in [2.45, 2.75) is 12.8 Å². The van der Waals surface area contributed by atoms with Crippen LogP contribution in [0.5, 0.6) is 0 Å². The van der Waals surface area contributed by atoms with Crippen LogP contribution in [0.15, 0.2) is 4.99 Å². The predicted octanol–water partition coefficient (Wildman–Crippen LogP) is -0.253. The lowest BCUT2D eigenvalue weighted by atomic mass is 10.3. The van der Waals surface area contributed by atoms with Crippen molar-refractivity contribution in [2.75, 3.05) is 6.54 Å². The SMILES string of the molecule is [CH2+]CCCN=C([O])[O-]. The van der Waals surface area contributed by atoms with Crippen molar-refractivity contribution in [1.29, 1.82) is 0 Å². The van der Waals surface area contributed by atoms with Crippen LogP contribution in [-0.4, -0.2) is 12.6 Å². The van der Waals surface area contributed by atoms with Gasteiger partial charge in [0.1, 0.15) is 0 Å². The van der Waals surface area contributed by atoms with Gasteiger partial charge in [-0.25, -0.2) is 0 Å². The minimum Gasteiger partial charge on any atom is -0.529 e. The lowest BCUT2D eigenvalue weighted by Crippen LogP contribution is -2.14. The van der Waals surface area contributed by atoms with Gasteiger partial charge in [0, 0.05) is 13.0 Å². The number of unbranched alkanes of at least 4 members (excludes halogenated alkanes) is 1. The Morgan fingerprint density at radius 2 is 2.38 bits per heavy atom. The minimum atomic E-state index is -1.33. The second kappa shape index (κ2) is 4.30. The maximum absolute atomic E-state index is 9.58. The first-order valence-electron chi connectivity index (χ1n) is 2.45. The largest absolute Gasteiger partial charge is 0.529 e. The summed E-state index contributed by atoms with van der Waals surface area (Å²) >= 11 is 0. The summed E-state index contributed by atoms with van der Waals surface area (Å²) in [7, 11) is 0. The first-order valence-corrected chi connectivity index (χ1v) is 2.45. The van der Waals surface area contributed by atoms with Gasteiger partial charge in [-0.05, 0) is 0 Å². The second-order valence-corrected chi connectivity index (χ2v) is 1.35. The van der Waals surface area contributed by atoms with E-state index in [1.165, 1.54) is 0 Å². The smallest absolute Gasteiger partial charge is 0.156 e. The molecule has 0 bridgehead atoms. The van der Waals surface area contributed by atoms with E-state index in [2.05, 4.69) is 11.9 Å². The topological polar surface area (TPSA) is 55.3 Å². The Morgan fingerprint density at radius 3 is 2.75 bits per heavy atom. The molecule has 0 aliphatic heterocycles. The molecule has 0 unspecified atom stereocenters. The van der Waals surface area contributed by atoms with Crippen LogP contribution in [0.3, 0.4) is 0 Å². The van der Waals surface area contributed by atoms with Crippen LogP contribution in [0.2, 0.25) is 0 Å². The summed E-state index contributed by atoms with van der Waals surface area (Å²) in [6.45, 7) is 3.83. The molecule has 0 aromatic heterocycles. The first kappa shape index (κ1) is 7.14. The molecule has 0 fully saturated rings. The number of nitrogens with zero attached hydrogens (tertiary/aromatic N) is 1. The zero-order valence-electron chi connectivity index (χ0n) is 4.59. The highest BCUT2D eigenvalue weighted by atomic mass is 16.5. The van der Waals surface area contributed by atoms with E-state index in [4.69, 9.17) is 0 Å². The third-order valence-corrected chi connectivity index (χ3v) is 0.649. The molecule has 0 N–H and O–H groups in total. The van der Waals surface area contributed by atoms with Crippen LogP contribution in [0.25, 0.3) is 0 Å². The lowest BCUT2D eigenvalue weighted by molar-refractivity contribution is -0.251. The molecule has 0 saturated heterocycles. The molecule has 0 atom stereocenters. The molecule has 0 aromatic rings. The molecule has 0 spiro atoms. The third kappa shape index (κ3) is 5.14. The van der Waals surface area contributed by atoms with Gasteiger partial charge in [-0.3, -0.25) is 4.99 Å². The Morgan fingerprint density at radius 1 is 1.75 bits per heavy atom. The van der Waals surface area contributed by atoms with Crippen molar-refractivity contribution in [1.82, 2.24) is 0 Å². The molecule has 45 valence electrons. The fraction of sp³-hybridized carbons (Fsp3) is 0.600. The second-order valence-electron chi connectivity index (χ2n) is 1.35. The van der Waals surface area contributed by atoms with Crippen molar-refractivity contribution < 1.29 is 10.2 Å². The van der Waals surface area contributed by atoms with Crippen LogP contribution in [0.1, 0.15) is 12.8 Å². The molecule has 0 rings (SSSR count). The van der Waals surface area contributed by atoms with E-state index < -0.39 is 6.08 Å². The third-order valence-electron chi connectivity index (χ3n) is 0.649. The van der Waals surface area contributed by atoms with E-state index in [0.29, 0.717) is 13.0 Å². The molecule has 0 aliphatic rings. The van der Waals surface area contributed by atoms with E-state index >= 15 is 0 Å². The fourth-order valence-corrected chi connectivity index (χ4v) is 0.282. The van der Waals surface area contributed by atoms with Gasteiger partial charge in [0.2, 0.25) is 0 Å². The number of hydrogen-bond donors (Lipinski definition) is 0. The fourth-order valence-electron chi connectivity index (χ4n) is 0.282. The Balaban J connectivity index is 3.03. The molecular weight excluding hydrogens is 106 g/mol. The quantitative estimate of drug-likeness (QED) is 0.216. The molecular formula is C5H8NO2. The summed E-state index contributed by atoms with van der Waals surface area (Å²) in [5.41, 5.74) is 0. The molecule has 0 aromatic carbocycles. The van der Waals surface area contributed by atoms with E-state index in [0.717, 1.165) is 6.42 Å². The van der Waals surface area contributed by atoms with Crippen molar-refractivity contribution in [2.24, 2.45) is 4.99 Å². The van der Waals surface area contributed by atoms with Gasteiger partial charge in [0.15, 0.2) is 6.08 Å². The zero-order valence-corrected chi connectivity index (χ0v) is 4.59. The van der Waals surface area contributed by atoms with Gasteiger partial charge in [0.05, 0.1) is 13.3 Å². The Labute approximate surface area is 48.7 Å². The monoisotopic (exact) mass is 114 g/mol. The summed E-state index contributed by atoms with van der Waals surface area (Å²) in [5, 5.41) is 19.2. The molecule has 3 heteroatoms. The highest BCUT2D eigenvalue weighted by molar-refractivity contribution is 5.57. The highest BCUT2D eigenvalue weighted by Gasteiger charge is 1.81.